The lowest BCUT2D eigenvalue weighted by Gasteiger charge is -2.08. The molecular formula is C6H14FN. The third-order valence-corrected chi connectivity index (χ3v) is 0.972. The van der Waals surface area contributed by atoms with Crippen LogP contribution in [0.2, 0.25) is 0 Å². The molecule has 2 heteroatoms. The molecule has 2 N–H and O–H groups in total. The van der Waals surface area contributed by atoms with Crippen molar-refractivity contribution in [1.82, 2.24) is 0 Å². The highest BCUT2D eigenvalue weighted by Gasteiger charge is 2.02. The van der Waals surface area contributed by atoms with Gasteiger partial charge in [0.15, 0.2) is 0 Å². The van der Waals surface area contributed by atoms with E-state index in [0.29, 0.717) is 5.92 Å². The van der Waals surface area contributed by atoms with E-state index in [2.05, 4.69) is 0 Å². The average Bonchev–Trinajstić information content (AvgIpc) is 1.65. The molecule has 0 saturated heterocycles. The summed E-state index contributed by atoms with van der Waals surface area (Å²) in [5.41, 5.74) is 5.30. The molecule has 0 rings (SSSR count). The van der Waals surface area contributed by atoms with E-state index >= 15 is 0 Å². The van der Waals surface area contributed by atoms with Gasteiger partial charge in [0.2, 0.25) is 0 Å². The third-order valence-electron chi connectivity index (χ3n) is 0.972. The summed E-state index contributed by atoms with van der Waals surface area (Å²) in [4.78, 5) is 0. The van der Waals surface area contributed by atoms with Crippen LogP contribution in [0.5, 0.6) is 0 Å². The molecule has 0 aromatic heterocycles. The van der Waals surface area contributed by atoms with Gasteiger partial charge in [0.25, 0.3) is 0 Å². The van der Waals surface area contributed by atoms with Gasteiger partial charge in [-0.25, -0.2) is 4.39 Å². The van der Waals surface area contributed by atoms with Crippen molar-refractivity contribution in [3.8, 4) is 0 Å². The zero-order chi connectivity index (χ0) is 6.57. The molecule has 0 radical (unpaired) electrons. The predicted octanol–water partition coefficient (Wildman–Crippen LogP) is 1.33. The Morgan fingerprint density at radius 2 is 2.00 bits per heavy atom. The van der Waals surface area contributed by atoms with E-state index in [1.165, 1.54) is 0 Å². The molecule has 0 aromatic carbocycles. The molecule has 0 fully saturated rings. The molecule has 0 aliphatic rings. The highest BCUT2D eigenvalue weighted by atomic mass is 19.1. The van der Waals surface area contributed by atoms with Gasteiger partial charge in [-0.3, -0.25) is 0 Å². The van der Waals surface area contributed by atoms with Crippen molar-refractivity contribution in [3.63, 3.8) is 0 Å². The quantitative estimate of drug-likeness (QED) is 0.596. The molecule has 0 bridgehead atoms. The lowest BCUT2D eigenvalue weighted by atomic mass is 10.1. The highest BCUT2D eigenvalue weighted by Crippen LogP contribution is 2.01. The summed E-state index contributed by atoms with van der Waals surface area (Å²) < 4.78 is 11.6. The van der Waals surface area contributed by atoms with Gasteiger partial charge >= 0.3 is 0 Å². The molecule has 0 spiro atoms. The molecular weight excluding hydrogens is 105 g/mol. The maximum absolute atomic E-state index is 11.6. The monoisotopic (exact) mass is 119 g/mol. The maximum Gasteiger partial charge on any atom is 0.104 e. The fourth-order valence-corrected chi connectivity index (χ4v) is 0.668. The highest BCUT2D eigenvalue weighted by molar-refractivity contribution is 4.60. The Morgan fingerprint density at radius 1 is 1.50 bits per heavy atom. The Hall–Kier alpha value is -0.110. The molecule has 0 aliphatic carbocycles. The second-order valence-electron chi connectivity index (χ2n) is 2.54. The van der Waals surface area contributed by atoms with Gasteiger partial charge in [-0.15, -0.1) is 0 Å². The summed E-state index contributed by atoms with van der Waals surface area (Å²) in [5.74, 6) is 0.515. The van der Waals surface area contributed by atoms with Gasteiger partial charge in [-0.05, 0) is 12.3 Å². The standard InChI is InChI=1S/C6H14FN/c1-5(2)3-6(8)4-7/h5-6H,3-4,8H2,1-2H3. The predicted molar refractivity (Wildman–Crippen MR) is 33.4 cm³/mol. The van der Waals surface area contributed by atoms with Crippen LogP contribution in [0.4, 0.5) is 4.39 Å². The van der Waals surface area contributed by atoms with Crippen molar-refractivity contribution in [2.75, 3.05) is 6.67 Å². The number of alkyl halides is 1. The minimum Gasteiger partial charge on any atom is -0.325 e. The first-order chi connectivity index (χ1) is 3.66. The van der Waals surface area contributed by atoms with E-state index in [0.717, 1.165) is 6.42 Å². The van der Waals surface area contributed by atoms with E-state index in [4.69, 9.17) is 5.73 Å². The summed E-state index contributed by atoms with van der Waals surface area (Å²) >= 11 is 0. The molecule has 0 amide bonds. The normalized spacial score (nSPS) is 14.6. The fourth-order valence-electron chi connectivity index (χ4n) is 0.668. The van der Waals surface area contributed by atoms with Gasteiger partial charge in [-0.1, -0.05) is 13.8 Å². The largest absolute Gasteiger partial charge is 0.325 e. The van der Waals surface area contributed by atoms with Crippen molar-refractivity contribution in [1.29, 1.82) is 0 Å². The minimum atomic E-state index is -0.391. The third kappa shape index (κ3) is 4.06. The lowest BCUT2D eigenvalue weighted by molar-refractivity contribution is 0.381. The van der Waals surface area contributed by atoms with E-state index in [9.17, 15) is 4.39 Å². The van der Waals surface area contributed by atoms with E-state index in [1.54, 1.807) is 0 Å². The van der Waals surface area contributed by atoms with Crippen molar-refractivity contribution in [2.24, 2.45) is 11.7 Å². The van der Waals surface area contributed by atoms with E-state index < -0.39 is 6.67 Å². The second kappa shape index (κ2) is 3.84. The first-order valence-corrected chi connectivity index (χ1v) is 2.98. The fraction of sp³-hybridized carbons (Fsp3) is 1.00. The zero-order valence-corrected chi connectivity index (χ0v) is 5.52. The molecule has 50 valence electrons. The smallest absolute Gasteiger partial charge is 0.104 e. The number of halogens is 1. The first kappa shape index (κ1) is 7.89. The molecule has 0 aromatic rings. The van der Waals surface area contributed by atoms with Crippen LogP contribution in [-0.2, 0) is 0 Å². The number of rotatable bonds is 3. The van der Waals surface area contributed by atoms with Crippen molar-refractivity contribution in [2.45, 2.75) is 26.3 Å². The molecule has 1 nitrogen and oxygen atoms in total. The Labute approximate surface area is 50.1 Å². The minimum absolute atomic E-state index is 0.241. The zero-order valence-electron chi connectivity index (χ0n) is 5.52. The summed E-state index contributed by atoms with van der Waals surface area (Å²) in [6, 6.07) is -0.241. The summed E-state index contributed by atoms with van der Waals surface area (Å²) in [7, 11) is 0. The van der Waals surface area contributed by atoms with Gasteiger partial charge in [0.05, 0.1) is 0 Å². The van der Waals surface area contributed by atoms with Crippen LogP contribution < -0.4 is 5.73 Å². The molecule has 1 atom stereocenters. The summed E-state index contributed by atoms with van der Waals surface area (Å²) in [6.07, 6.45) is 0.788. The van der Waals surface area contributed by atoms with Crippen LogP contribution in [0.15, 0.2) is 0 Å². The Morgan fingerprint density at radius 3 is 2.12 bits per heavy atom. The molecule has 8 heavy (non-hydrogen) atoms. The Bertz CT molecular complexity index is 54.5. The van der Waals surface area contributed by atoms with Gasteiger partial charge in [-0.2, -0.15) is 0 Å². The van der Waals surface area contributed by atoms with Gasteiger partial charge < -0.3 is 5.73 Å². The van der Waals surface area contributed by atoms with Crippen LogP contribution in [0, 0.1) is 5.92 Å². The molecule has 0 aliphatic heterocycles. The SMILES string of the molecule is CC(C)CC(N)CF. The van der Waals surface area contributed by atoms with E-state index in [-0.39, 0.29) is 6.04 Å². The van der Waals surface area contributed by atoms with Gasteiger partial charge in [0.1, 0.15) is 6.67 Å². The van der Waals surface area contributed by atoms with Crippen molar-refractivity contribution in [3.05, 3.63) is 0 Å². The average molecular weight is 119 g/mol. The molecule has 0 heterocycles. The maximum atomic E-state index is 11.6. The van der Waals surface area contributed by atoms with Crippen LogP contribution in [-0.4, -0.2) is 12.7 Å². The number of hydrogen-bond acceptors (Lipinski definition) is 1. The van der Waals surface area contributed by atoms with E-state index in [1.807, 2.05) is 13.8 Å². The van der Waals surface area contributed by atoms with Crippen LogP contribution in [0.3, 0.4) is 0 Å². The summed E-state index contributed by atoms with van der Waals surface area (Å²) in [6.45, 7) is 3.68. The first-order valence-electron chi connectivity index (χ1n) is 2.98. The molecule has 0 saturated carbocycles. The van der Waals surface area contributed by atoms with Crippen molar-refractivity contribution >= 4 is 0 Å². The van der Waals surface area contributed by atoms with Crippen molar-refractivity contribution < 1.29 is 4.39 Å². The summed E-state index contributed by atoms with van der Waals surface area (Å²) in [5, 5.41) is 0. The van der Waals surface area contributed by atoms with Gasteiger partial charge in [0, 0.05) is 6.04 Å². The number of nitrogens with two attached hydrogens (primary N) is 1. The van der Waals surface area contributed by atoms with Crippen LogP contribution in [0.1, 0.15) is 20.3 Å². The Balaban J connectivity index is 3.10. The second-order valence-corrected chi connectivity index (χ2v) is 2.54. The topological polar surface area (TPSA) is 26.0 Å². The van der Waals surface area contributed by atoms with Crippen LogP contribution >= 0.6 is 0 Å². The van der Waals surface area contributed by atoms with Crippen LogP contribution in [0.25, 0.3) is 0 Å². The Kier molecular flexibility index (Phi) is 3.79. The number of hydrogen-bond donors (Lipinski definition) is 1. The molecule has 1 unspecified atom stereocenters. The lowest BCUT2D eigenvalue weighted by Crippen LogP contribution is -2.23.